The second-order valence-corrected chi connectivity index (χ2v) is 16.8. The minimum atomic E-state index is -0.440. The van der Waals surface area contributed by atoms with E-state index in [2.05, 4.69) is 156 Å². The number of imidazole rings is 1. The Morgan fingerprint density at radius 2 is 1.23 bits per heavy atom. The van der Waals surface area contributed by atoms with E-state index in [1.54, 1.807) is 0 Å². The van der Waals surface area contributed by atoms with Crippen molar-refractivity contribution in [1.29, 1.82) is 0 Å². The molecule has 0 radical (unpaired) electrons. The maximum absolute atomic E-state index is 12.3. The highest BCUT2D eigenvalue weighted by molar-refractivity contribution is 5.87. The van der Waals surface area contributed by atoms with Gasteiger partial charge in [0.25, 0.3) is 0 Å². The van der Waals surface area contributed by atoms with Gasteiger partial charge in [-0.1, -0.05) is 104 Å². The number of hydrazone groups is 1. The third kappa shape index (κ3) is 15.7. The molecule has 48 heavy (non-hydrogen) atoms. The zero-order chi connectivity index (χ0) is 37.1. The molecule has 0 aromatic carbocycles. The lowest BCUT2D eigenvalue weighted by Crippen LogP contribution is -2.40. The van der Waals surface area contributed by atoms with Crippen LogP contribution in [0.15, 0.2) is 29.8 Å². The molecule has 0 spiro atoms. The van der Waals surface area contributed by atoms with Crippen LogP contribution in [0.5, 0.6) is 0 Å². The number of aromatic nitrogens is 9. The number of hydrogen-bond donors (Lipinski definition) is 7. The summed E-state index contributed by atoms with van der Waals surface area (Å²) in [6, 6.07) is 3.50. The highest BCUT2D eigenvalue weighted by Crippen LogP contribution is 2.21. The number of aryl methyl sites for hydroxylation is 2. The summed E-state index contributed by atoms with van der Waals surface area (Å²) in [4.78, 5) is 11.4. The van der Waals surface area contributed by atoms with Crippen molar-refractivity contribution in [3.8, 4) is 0 Å². The van der Waals surface area contributed by atoms with Gasteiger partial charge in [0.2, 0.25) is 5.95 Å². The monoisotopic (exact) mass is 672 g/mol. The number of rotatable bonds is 0. The average Bonchev–Trinajstić information content (AvgIpc) is 3.75. The first kappa shape index (κ1) is 42.0. The second-order valence-electron chi connectivity index (χ2n) is 16.8. The molecule has 0 saturated heterocycles. The molecule has 0 saturated carbocycles. The van der Waals surface area contributed by atoms with Crippen LogP contribution in [0.4, 0.5) is 4.39 Å². The van der Waals surface area contributed by atoms with Crippen LogP contribution in [0.3, 0.4) is 0 Å². The van der Waals surface area contributed by atoms with Crippen molar-refractivity contribution in [3.05, 3.63) is 65.0 Å². The van der Waals surface area contributed by atoms with Gasteiger partial charge in [0.05, 0.1) is 5.69 Å². The summed E-state index contributed by atoms with van der Waals surface area (Å²) < 4.78 is 12.3. The number of nitrogens with one attached hydrogen (secondary N) is 7. The van der Waals surface area contributed by atoms with Gasteiger partial charge >= 0.3 is 0 Å². The number of aromatic amines is 4. The second kappa shape index (κ2) is 16.8. The van der Waals surface area contributed by atoms with Crippen molar-refractivity contribution in [3.63, 3.8) is 0 Å². The van der Waals surface area contributed by atoms with Gasteiger partial charge < -0.3 is 4.98 Å². The predicted octanol–water partition coefficient (Wildman–Crippen LogP) is 6.94. The van der Waals surface area contributed by atoms with E-state index >= 15 is 0 Å². The summed E-state index contributed by atoms with van der Waals surface area (Å²) in [5.41, 5.74) is 13.0. The largest absolute Gasteiger partial charge is 0.346 e. The van der Waals surface area contributed by atoms with Crippen LogP contribution in [0.1, 0.15) is 138 Å². The number of halogens is 1. The van der Waals surface area contributed by atoms with Crippen LogP contribution in [-0.4, -0.2) is 51.4 Å². The standard InChI is InChI=1S/2C8H14N2.C7H11FN2.C6H11N3.C5H12N4/c1-6-9-5-7(10-6)8(2,3)4;1-6-5-7(10-9-6)8(2,3)4;1-7(2,3)5-4-6(8)10-9-5;1-6(2,3)5-7-4-8-9-5;1-5(2,3)4-6-8-9-7-4/h2*5H,1-4H3,(H,9,10);4H,1-3H3,(H,9,10);4H,1-3H3,(H,7,8,9);8-9H,1-3H3,(H,6,7). The third-order valence-electron chi connectivity index (χ3n) is 6.58. The molecule has 0 amide bonds. The molecule has 0 bridgehead atoms. The van der Waals surface area contributed by atoms with Gasteiger partial charge in [-0.3, -0.25) is 20.7 Å². The topological polar surface area (TPSA) is 176 Å². The fourth-order valence-electron chi connectivity index (χ4n) is 3.41. The van der Waals surface area contributed by atoms with E-state index in [0.29, 0.717) is 0 Å². The number of H-pyrrole nitrogens is 4. The molecule has 14 heteroatoms. The summed E-state index contributed by atoms with van der Waals surface area (Å²) in [6.45, 7) is 35.5. The van der Waals surface area contributed by atoms with Crippen LogP contribution in [0, 0.1) is 25.2 Å². The summed E-state index contributed by atoms with van der Waals surface area (Å²) >= 11 is 0. The van der Waals surface area contributed by atoms with E-state index in [1.165, 1.54) is 18.1 Å². The van der Waals surface area contributed by atoms with Gasteiger partial charge in [-0.25, -0.2) is 15.5 Å². The Morgan fingerprint density at radius 1 is 0.625 bits per heavy atom. The number of amidine groups is 1. The van der Waals surface area contributed by atoms with Gasteiger partial charge in [0, 0.05) is 56.4 Å². The lowest BCUT2D eigenvalue weighted by Gasteiger charge is -2.16. The maximum Gasteiger partial charge on any atom is 0.232 e. The highest BCUT2D eigenvalue weighted by Gasteiger charge is 2.21. The van der Waals surface area contributed by atoms with Gasteiger partial charge in [-0.2, -0.15) is 14.6 Å². The minimum absolute atomic E-state index is 0.0443. The molecule has 5 rings (SSSR count). The van der Waals surface area contributed by atoms with Crippen LogP contribution < -0.4 is 16.5 Å². The first-order valence-electron chi connectivity index (χ1n) is 16.2. The molecular formula is C34H62FN13. The van der Waals surface area contributed by atoms with E-state index < -0.39 is 5.95 Å². The average molecular weight is 672 g/mol. The van der Waals surface area contributed by atoms with E-state index in [9.17, 15) is 4.39 Å². The number of nitrogens with zero attached hydrogens (tertiary/aromatic N) is 6. The summed E-state index contributed by atoms with van der Waals surface area (Å²) in [6.07, 6.45) is 3.43. The lowest BCUT2D eigenvalue weighted by molar-refractivity contribution is 0.543. The first-order chi connectivity index (χ1) is 21.7. The van der Waals surface area contributed by atoms with Gasteiger partial charge in [-0.15, -0.1) is 15.7 Å². The molecule has 270 valence electrons. The van der Waals surface area contributed by atoms with Crippen LogP contribution in [0.2, 0.25) is 0 Å². The van der Waals surface area contributed by atoms with Crippen molar-refractivity contribution in [1.82, 2.24) is 62.0 Å². The molecule has 1 aliphatic heterocycles. The molecule has 4 aromatic rings. The molecule has 7 N–H and O–H groups in total. The highest BCUT2D eigenvalue weighted by atomic mass is 19.1. The minimum Gasteiger partial charge on any atom is -0.346 e. The van der Waals surface area contributed by atoms with Crippen molar-refractivity contribution in [2.75, 3.05) is 0 Å². The maximum atomic E-state index is 12.3. The molecule has 4 aromatic heterocycles. The molecule has 0 atom stereocenters. The van der Waals surface area contributed by atoms with Gasteiger partial charge in [-0.05, 0) is 19.9 Å². The Bertz CT molecular complexity index is 1370. The lowest BCUT2D eigenvalue weighted by atomic mass is 9.92. The SMILES string of the molecule is CC(C)(C)C1=NNNN1.CC(C)(C)c1cc(F)n[nH]1.CC(C)(C)c1ncn[nH]1.Cc1cc(C(C)(C)C)n[nH]1.Cc1ncc(C(C)(C)C)[nH]1. The Balaban J connectivity index is 0.000000300. The number of hydrazine groups is 2. The Labute approximate surface area is 286 Å². The van der Waals surface area contributed by atoms with Crippen LogP contribution >= 0.6 is 0 Å². The predicted molar refractivity (Wildman–Crippen MR) is 193 cm³/mol. The zero-order valence-corrected chi connectivity index (χ0v) is 32.4. The summed E-state index contributed by atoms with van der Waals surface area (Å²) in [5, 5.41) is 23.6. The summed E-state index contributed by atoms with van der Waals surface area (Å²) in [7, 11) is 0. The molecular weight excluding hydrogens is 609 g/mol. The quantitative estimate of drug-likeness (QED) is 0.105. The van der Waals surface area contributed by atoms with Gasteiger partial charge in [0.15, 0.2) is 0 Å². The third-order valence-corrected chi connectivity index (χ3v) is 6.58. The molecule has 0 unspecified atom stereocenters. The van der Waals surface area contributed by atoms with Gasteiger partial charge in [0.1, 0.15) is 23.8 Å². The Morgan fingerprint density at radius 3 is 1.44 bits per heavy atom. The van der Waals surface area contributed by atoms with Crippen molar-refractivity contribution < 1.29 is 4.39 Å². The molecule has 0 fully saturated rings. The molecule has 13 nitrogen and oxygen atoms in total. The van der Waals surface area contributed by atoms with Crippen LogP contribution in [-0.2, 0) is 21.7 Å². The van der Waals surface area contributed by atoms with Crippen molar-refractivity contribution in [2.24, 2.45) is 10.5 Å². The van der Waals surface area contributed by atoms with E-state index in [1.807, 2.05) is 40.8 Å². The summed E-state index contributed by atoms with van der Waals surface area (Å²) in [5.74, 6) is 2.42. The fourth-order valence-corrected chi connectivity index (χ4v) is 3.41. The van der Waals surface area contributed by atoms with E-state index in [4.69, 9.17) is 0 Å². The Hall–Kier alpha value is -4.07. The first-order valence-corrected chi connectivity index (χ1v) is 16.2. The number of hydrogen-bond acceptors (Lipinski definition) is 9. The van der Waals surface area contributed by atoms with Crippen LogP contribution in [0.25, 0.3) is 0 Å². The fraction of sp³-hybridized carbons (Fsp3) is 0.647. The van der Waals surface area contributed by atoms with Crippen molar-refractivity contribution >= 4 is 5.84 Å². The Kier molecular flexibility index (Phi) is 14.7. The van der Waals surface area contributed by atoms with E-state index in [0.717, 1.165) is 34.6 Å². The molecule has 0 aliphatic carbocycles. The van der Waals surface area contributed by atoms with Crippen molar-refractivity contribution in [2.45, 2.75) is 139 Å². The zero-order valence-electron chi connectivity index (χ0n) is 32.4. The van der Waals surface area contributed by atoms with E-state index in [-0.39, 0.29) is 27.1 Å². The normalized spacial score (nSPS) is 13.2. The molecule has 1 aliphatic rings. The molecule has 5 heterocycles. The smallest absolute Gasteiger partial charge is 0.232 e.